The minimum Gasteiger partial charge on any atom is -0.504 e. The molecule has 1 heterocycles. The van der Waals surface area contributed by atoms with E-state index in [0.29, 0.717) is 5.56 Å². The molecule has 1 amide bonds. The highest BCUT2D eigenvalue weighted by Crippen LogP contribution is 2.35. The van der Waals surface area contributed by atoms with Crippen LogP contribution in [0.2, 0.25) is 0 Å². The first-order chi connectivity index (χ1) is 15.0. The van der Waals surface area contributed by atoms with Crippen LogP contribution in [-0.2, 0) is 21.0 Å². The van der Waals surface area contributed by atoms with Crippen molar-refractivity contribution in [1.29, 1.82) is 0 Å². The van der Waals surface area contributed by atoms with Gasteiger partial charge in [0.25, 0.3) is 0 Å². The normalized spacial score (nSPS) is 15.8. The zero-order valence-electron chi connectivity index (χ0n) is 17.0. The molecule has 0 aromatic heterocycles. The van der Waals surface area contributed by atoms with E-state index in [1.165, 1.54) is 36.3 Å². The van der Waals surface area contributed by atoms with E-state index in [0.717, 1.165) is 22.5 Å². The number of alkyl halides is 3. The molecule has 32 heavy (non-hydrogen) atoms. The summed E-state index contributed by atoms with van der Waals surface area (Å²) in [6.45, 7) is -0.173. The molecule has 0 radical (unpaired) electrons. The third-order valence-electron chi connectivity index (χ3n) is 4.98. The molecule has 1 N–H and O–H groups in total. The predicted octanol–water partition coefficient (Wildman–Crippen LogP) is 2.97. The van der Waals surface area contributed by atoms with Gasteiger partial charge in [0.15, 0.2) is 11.5 Å². The summed E-state index contributed by atoms with van der Waals surface area (Å²) in [5.74, 6) is -0.164. The lowest BCUT2D eigenvalue weighted by Crippen LogP contribution is -2.50. The Labute approximate surface area is 183 Å². The van der Waals surface area contributed by atoms with Crippen molar-refractivity contribution in [2.24, 2.45) is 0 Å². The molecule has 0 saturated carbocycles. The summed E-state index contributed by atoms with van der Waals surface area (Å²) in [5, 5.41) is 9.61. The first-order valence-corrected chi connectivity index (χ1v) is 11.0. The largest absolute Gasteiger partial charge is 0.504 e. The van der Waals surface area contributed by atoms with Crippen LogP contribution in [0, 0.1) is 0 Å². The summed E-state index contributed by atoms with van der Waals surface area (Å²) >= 11 is 0. The fourth-order valence-electron chi connectivity index (χ4n) is 3.28. The second kappa shape index (κ2) is 9.21. The van der Waals surface area contributed by atoms with E-state index in [2.05, 4.69) is 0 Å². The third-order valence-corrected chi connectivity index (χ3v) is 6.94. The van der Waals surface area contributed by atoms with Crippen molar-refractivity contribution in [2.75, 3.05) is 33.3 Å². The minimum atomic E-state index is -4.80. The second-order valence-corrected chi connectivity index (χ2v) is 8.89. The lowest BCUT2D eigenvalue weighted by Gasteiger charge is -2.33. The van der Waals surface area contributed by atoms with Gasteiger partial charge in [0, 0.05) is 32.3 Å². The number of methoxy groups -OCH3 is 1. The number of phenols is 1. The quantitative estimate of drug-likeness (QED) is 0.679. The first-order valence-electron chi connectivity index (χ1n) is 9.54. The molecule has 7 nitrogen and oxygen atoms in total. The maximum atomic E-state index is 13.2. The van der Waals surface area contributed by atoms with Crippen LogP contribution in [0.15, 0.2) is 53.4 Å². The molecule has 2 aromatic carbocycles. The Morgan fingerprint density at radius 2 is 1.75 bits per heavy atom. The molecule has 0 atom stereocenters. The number of halogens is 3. The number of hydrogen-bond donors (Lipinski definition) is 1. The number of ether oxygens (including phenoxy) is 1. The van der Waals surface area contributed by atoms with E-state index >= 15 is 0 Å². The van der Waals surface area contributed by atoms with Crippen molar-refractivity contribution >= 4 is 22.0 Å². The Bertz CT molecular complexity index is 1120. The highest BCUT2D eigenvalue weighted by atomic mass is 32.2. The Kier molecular flexibility index (Phi) is 6.79. The van der Waals surface area contributed by atoms with Gasteiger partial charge in [-0.2, -0.15) is 17.5 Å². The van der Waals surface area contributed by atoms with Gasteiger partial charge in [-0.1, -0.05) is 18.2 Å². The smallest absolute Gasteiger partial charge is 0.417 e. The molecule has 0 aliphatic carbocycles. The van der Waals surface area contributed by atoms with Gasteiger partial charge in [0.05, 0.1) is 17.6 Å². The first kappa shape index (κ1) is 23.6. The van der Waals surface area contributed by atoms with Crippen LogP contribution in [0.1, 0.15) is 11.1 Å². The van der Waals surface area contributed by atoms with Gasteiger partial charge in [-0.05, 0) is 35.9 Å². The summed E-state index contributed by atoms with van der Waals surface area (Å²) < 4.78 is 71.3. The number of sulfonamides is 1. The number of phenolic OH excluding ortho intramolecular Hbond substituents is 1. The lowest BCUT2D eigenvalue weighted by molar-refractivity contribution is -0.139. The van der Waals surface area contributed by atoms with Gasteiger partial charge < -0.3 is 14.7 Å². The van der Waals surface area contributed by atoms with Crippen LogP contribution in [0.25, 0.3) is 6.08 Å². The van der Waals surface area contributed by atoms with E-state index < -0.39 is 26.7 Å². The fourth-order valence-corrected chi connectivity index (χ4v) is 4.92. The van der Waals surface area contributed by atoms with Crippen molar-refractivity contribution in [3.63, 3.8) is 0 Å². The predicted molar refractivity (Wildman–Crippen MR) is 110 cm³/mol. The van der Waals surface area contributed by atoms with Gasteiger partial charge in [0.1, 0.15) is 0 Å². The Morgan fingerprint density at radius 3 is 2.38 bits per heavy atom. The molecule has 2 aromatic rings. The van der Waals surface area contributed by atoms with E-state index in [-0.39, 0.29) is 43.6 Å². The number of piperazine rings is 1. The number of hydrogen-bond acceptors (Lipinski definition) is 5. The van der Waals surface area contributed by atoms with Crippen LogP contribution in [0.3, 0.4) is 0 Å². The van der Waals surface area contributed by atoms with E-state index in [1.807, 2.05) is 0 Å². The topological polar surface area (TPSA) is 87.2 Å². The molecule has 1 aliphatic heterocycles. The molecule has 1 fully saturated rings. The van der Waals surface area contributed by atoms with Crippen molar-refractivity contribution in [1.82, 2.24) is 9.21 Å². The maximum absolute atomic E-state index is 13.2. The second-order valence-electron chi connectivity index (χ2n) is 6.99. The number of benzene rings is 2. The molecule has 1 aliphatic rings. The number of rotatable bonds is 5. The highest BCUT2D eigenvalue weighted by Gasteiger charge is 2.39. The number of carbonyl (C=O) groups is 1. The summed E-state index contributed by atoms with van der Waals surface area (Å²) in [6, 6.07) is 8.59. The molecule has 0 unspecified atom stereocenters. The standard InChI is InChI=1S/C21H21F3N2O5S/c1-31-18-14-15(6-8-17(18)27)7-9-20(28)25-10-12-26(13-11-25)32(29,30)19-5-3-2-4-16(19)21(22,23)24/h2-9,14,27H,10-13H2,1H3/b9-7+. The lowest BCUT2D eigenvalue weighted by atomic mass is 10.2. The number of carbonyl (C=O) groups excluding carboxylic acids is 1. The van der Waals surface area contributed by atoms with Crippen LogP contribution in [0.5, 0.6) is 11.5 Å². The molecule has 1 saturated heterocycles. The van der Waals surface area contributed by atoms with Gasteiger partial charge >= 0.3 is 6.18 Å². The number of aromatic hydroxyl groups is 1. The summed E-state index contributed by atoms with van der Waals surface area (Å²) in [7, 11) is -2.98. The van der Waals surface area contributed by atoms with Gasteiger partial charge in [0.2, 0.25) is 15.9 Å². The summed E-state index contributed by atoms with van der Waals surface area (Å²) in [6.07, 6.45) is -1.98. The van der Waals surface area contributed by atoms with E-state index in [9.17, 15) is 31.5 Å². The maximum Gasteiger partial charge on any atom is 0.417 e. The monoisotopic (exact) mass is 470 g/mol. The van der Waals surface area contributed by atoms with Gasteiger partial charge in [-0.15, -0.1) is 0 Å². The molecule has 0 spiro atoms. The average molecular weight is 470 g/mol. The Balaban J connectivity index is 1.68. The van der Waals surface area contributed by atoms with Crippen LogP contribution >= 0.6 is 0 Å². The third kappa shape index (κ3) is 5.05. The molecule has 0 bridgehead atoms. The van der Waals surface area contributed by atoms with E-state index in [1.54, 1.807) is 12.1 Å². The van der Waals surface area contributed by atoms with Crippen molar-refractivity contribution in [2.45, 2.75) is 11.1 Å². The molecule has 11 heteroatoms. The average Bonchev–Trinajstić information content (AvgIpc) is 2.77. The van der Waals surface area contributed by atoms with Crippen LogP contribution in [0.4, 0.5) is 13.2 Å². The Hall–Kier alpha value is -3.05. The number of nitrogens with zero attached hydrogens (tertiary/aromatic N) is 2. The SMILES string of the molecule is COc1cc(/C=C/C(=O)N2CCN(S(=O)(=O)c3ccccc3C(F)(F)F)CC2)ccc1O. The minimum absolute atomic E-state index is 0.0372. The Morgan fingerprint density at radius 1 is 1.09 bits per heavy atom. The fraction of sp³-hybridized carbons (Fsp3) is 0.286. The number of amides is 1. The zero-order valence-corrected chi connectivity index (χ0v) is 17.9. The van der Waals surface area contributed by atoms with Crippen molar-refractivity contribution in [3.8, 4) is 11.5 Å². The van der Waals surface area contributed by atoms with E-state index in [4.69, 9.17) is 4.74 Å². The molecular weight excluding hydrogens is 449 g/mol. The molecule has 172 valence electrons. The van der Waals surface area contributed by atoms with Crippen LogP contribution < -0.4 is 4.74 Å². The summed E-state index contributed by atoms with van der Waals surface area (Å²) in [5.41, 5.74) is -0.608. The zero-order chi connectivity index (χ0) is 23.5. The molecular formula is C21H21F3N2O5S. The van der Waals surface area contributed by atoms with Gasteiger partial charge in [-0.3, -0.25) is 4.79 Å². The van der Waals surface area contributed by atoms with Crippen LogP contribution in [-0.4, -0.2) is 61.9 Å². The van der Waals surface area contributed by atoms with Crippen molar-refractivity contribution in [3.05, 3.63) is 59.7 Å². The highest BCUT2D eigenvalue weighted by molar-refractivity contribution is 7.89. The van der Waals surface area contributed by atoms with Gasteiger partial charge in [-0.25, -0.2) is 8.42 Å². The molecule has 3 rings (SSSR count). The summed E-state index contributed by atoms with van der Waals surface area (Å²) in [4.78, 5) is 13.1. The van der Waals surface area contributed by atoms with Crippen molar-refractivity contribution < 1.29 is 36.2 Å².